The van der Waals surface area contributed by atoms with Crippen molar-refractivity contribution in [2.24, 2.45) is 5.92 Å². The van der Waals surface area contributed by atoms with Crippen molar-refractivity contribution in [3.05, 3.63) is 22.8 Å². The van der Waals surface area contributed by atoms with Crippen LogP contribution in [0.5, 0.6) is 0 Å². The third-order valence-corrected chi connectivity index (χ3v) is 4.05. The van der Waals surface area contributed by atoms with E-state index in [1.165, 1.54) is 6.42 Å². The fourth-order valence-electron chi connectivity index (χ4n) is 2.27. The molecule has 1 N–H and O–H groups in total. The van der Waals surface area contributed by atoms with Gasteiger partial charge in [-0.15, -0.1) is 0 Å². The lowest BCUT2D eigenvalue weighted by Gasteiger charge is -2.18. The highest BCUT2D eigenvalue weighted by Gasteiger charge is 2.48. The number of carbonyl (C=O) groups is 1. The molecule has 1 aliphatic carbocycles. The predicted molar refractivity (Wildman–Crippen MR) is 68.7 cm³/mol. The first-order valence-electron chi connectivity index (χ1n) is 5.53. The normalized spacial score (nSPS) is 29.9. The number of nitrogens with zero attached hydrogens (tertiary/aromatic N) is 2. The monoisotopic (exact) mass is 315 g/mol. The number of anilines is 1. The van der Waals surface area contributed by atoms with Gasteiger partial charge in [-0.25, -0.2) is 9.40 Å². The SMILES string of the molecule is O=C([C@@H]1C[C@H]2C[C@H]2N1)N(Cl)c1cccc(Br)n1. The number of carbonyl (C=O) groups excluding carboxylic acids is 1. The Kier molecular flexibility index (Phi) is 2.84. The Balaban J connectivity index is 1.73. The number of rotatable bonds is 2. The maximum Gasteiger partial charge on any atom is 0.260 e. The summed E-state index contributed by atoms with van der Waals surface area (Å²) in [5.74, 6) is 1.00. The summed E-state index contributed by atoms with van der Waals surface area (Å²) < 4.78 is 1.77. The minimum absolute atomic E-state index is 0.121. The van der Waals surface area contributed by atoms with Gasteiger partial charge in [0.25, 0.3) is 5.91 Å². The topological polar surface area (TPSA) is 45.2 Å². The second kappa shape index (κ2) is 4.23. The van der Waals surface area contributed by atoms with Gasteiger partial charge in [0.05, 0.1) is 6.04 Å². The van der Waals surface area contributed by atoms with Gasteiger partial charge >= 0.3 is 0 Å². The van der Waals surface area contributed by atoms with Crippen LogP contribution in [0.3, 0.4) is 0 Å². The number of hydrogen-bond donors (Lipinski definition) is 1. The van der Waals surface area contributed by atoms with E-state index in [0.29, 0.717) is 22.4 Å². The largest absolute Gasteiger partial charge is 0.303 e. The minimum Gasteiger partial charge on any atom is -0.303 e. The Labute approximate surface area is 113 Å². The van der Waals surface area contributed by atoms with Crippen molar-refractivity contribution in [2.45, 2.75) is 24.9 Å². The molecule has 0 spiro atoms. The van der Waals surface area contributed by atoms with Gasteiger partial charge in [-0.1, -0.05) is 6.07 Å². The van der Waals surface area contributed by atoms with Gasteiger partial charge in [0.15, 0.2) is 5.82 Å². The van der Waals surface area contributed by atoms with E-state index in [2.05, 4.69) is 26.2 Å². The smallest absolute Gasteiger partial charge is 0.260 e. The van der Waals surface area contributed by atoms with Crippen molar-refractivity contribution in [3.8, 4) is 0 Å². The van der Waals surface area contributed by atoms with E-state index in [-0.39, 0.29) is 11.9 Å². The van der Waals surface area contributed by atoms with Gasteiger partial charge in [-0.05, 0) is 46.8 Å². The van der Waals surface area contributed by atoms with Crippen LogP contribution in [0.4, 0.5) is 5.82 Å². The van der Waals surface area contributed by atoms with Crippen molar-refractivity contribution in [2.75, 3.05) is 4.42 Å². The molecule has 0 bridgehead atoms. The zero-order chi connectivity index (χ0) is 12.0. The van der Waals surface area contributed by atoms with E-state index in [4.69, 9.17) is 11.8 Å². The van der Waals surface area contributed by atoms with Gasteiger partial charge < -0.3 is 5.32 Å². The summed E-state index contributed by atoms with van der Waals surface area (Å²) in [6.07, 6.45) is 2.09. The van der Waals surface area contributed by atoms with Gasteiger partial charge in [0, 0.05) is 17.8 Å². The van der Waals surface area contributed by atoms with Crippen LogP contribution in [-0.2, 0) is 4.79 Å². The molecule has 6 heteroatoms. The third kappa shape index (κ3) is 2.19. The molecular formula is C11H11BrClN3O. The van der Waals surface area contributed by atoms with Crippen molar-refractivity contribution in [1.29, 1.82) is 0 Å². The minimum atomic E-state index is -0.156. The highest BCUT2D eigenvalue weighted by molar-refractivity contribution is 9.10. The number of amides is 1. The second-order valence-corrected chi connectivity index (χ2v) is 5.65. The van der Waals surface area contributed by atoms with Crippen LogP contribution in [0.15, 0.2) is 22.8 Å². The van der Waals surface area contributed by atoms with E-state index in [9.17, 15) is 4.79 Å². The number of pyridine rings is 1. The lowest BCUT2D eigenvalue weighted by molar-refractivity contribution is -0.119. The van der Waals surface area contributed by atoms with Crippen LogP contribution in [0.25, 0.3) is 0 Å². The summed E-state index contributed by atoms with van der Waals surface area (Å²) in [6.45, 7) is 0. The Morgan fingerprint density at radius 1 is 1.53 bits per heavy atom. The van der Waals surface area contributed by atoms with Crippen LogP contribution in [0.2, 0.25) is 0 Å². The fraction of sp³-hybridized carbons (Fsp3) is 0.455. The van der Waals surface area contributed by atoms with E-state index >= 15 is 0 Å². The van der Waals surface area contributed by atoms with Crippen LogP contribution in [0.1, 0.15) is 12.8 Å². The van der Waals surface area contributed by atoms with Gasteiger partial charge in [0.1, 0.15) is 4.60 Å². The molecular weight excluding hydrogens is 305 g/mol. The Hall–Kier alpha value is -0.650. The first kappa shape index (κ1) is 11.4. The van der Waals surface area contributed by atoms with Crippen LogP contribution >= 0.6 is 27.7 Å². The predicted octanol–water partition coefficient (Wildman–Crippen LogP) is 2.08. The summed E-state index contributed by atoms with van der Waals surface area (Å²) in [6, 6.07) is 5.68. The molecule has 4 nitrogen and oxygen atoms in total. The molecule has 1 saturated carbocycles. The molecule has 1 aromatic rings. The zero-order valence-electron chi connectivity index (χ0n) is 8.94. The first-order valence-corrected chi connectivity index (χ1v) is 6.66. The number of fused-ring (bicyclic) bond motifs is 1. The Morgan fingerprint density at radius 2 is 2.35 bits per heavy atom. The van der Waals surface area contributed by atoms with E-state index in [0.717, 1.165) is 10.8 Å². The molecule has 2 aliphatic rings. The Bertz CT molecular complexity index is 460. The van der Waals surface area contributed by atoms with E-state index in [1.807, 2.05) is 0 Å². The fourth-order valence-corrected chi connectivity index (χ4v) is 2.82. The summed E-state index contributed by atoms with van der Waals surface area (Å²) in [5, 5.41) is 3.28. The summed E-state index contributed by atoms with van der Waals surface area (Å²) in [4.78, 5) is 16.3. The summed E-state index contributed by atoms with van der Waals surface area (Å²) in [7, 11) is 0. The molecule has 1 aliphatic heterocycles. The van der Waals surface area contributed by atoms with Crippen molar-refractivity contribution >= 4 is 39.4 Å². The maximum absolute atomic E-state index is 12.1. The van der Waals surface area contributed by atoms with Gasteiger partial charge in [-0.3, -0.25) is 4.79 Å². The van der Waals surface area contributed by atoms with E-state index < -0.39 is 0 Å². The van der Waals surface area contributed by atoms with Crippen molar-refractivity contribution in [3.63, 3.8) is 0 Å². The van der Waals surface area contributed by atoms with E-state index in [1.54, 1.807) is 18.2 Å². The zero-order valence-corrected chi connectivity index (χ0v) is 11.3. The molecule has 1 saturated heterocycles. The molecule has 1 aromatic heterocycles. The lowest BCUT2D eigenvalue weighted by atomic mass is 10.2. The van der Waals surface area contributed by atoms with Gasteiger partial charge in [-0.2, -0.15) is 0 Å². The molecule has 0 radical (unpaired) electrons. The molecule has 2 heterocycles. The molecule has 0 unspecified atom stereocenters. The number of hydrogen-bond acceptors (Lipinski definition) is 3. The average molecular weight is 317 g/mol. The van der Waals surface area contributed by atoms with Gasteiger partial charge in [0.2, 0.25) is 0 Å². The maximum atomic E-state index is 12.1. The molecule has 3 rings (SSSR count). The number of halogens is 2. The average Bonchev–Trinajstić information content (AvgIpc) is 2.94. The molecule has 3 atom stereocenters. The number of nitrogens with one attached hydrogen (secondary N) is 1. The first-order chi connectivity index (χ1) is 8.15. The van der Waals surface area contributed by atoms with Crippen LogP contribution < -0.4 is 9.74 Å². The number of aromatic nitrogens is 1. The Morgan fingerprint density at radius 3 is 3.00 bits per heavy atom. The highest BCUT2D eigenvalue weighted by Crippen LogP contribution is 2.41. The lowest BCUT2D eigenvalue weighted by Crippen LogP contribution is -2.41. The quantitative estimate of drug-likeness (QED) is 0.671. The molecule has 1 amide bonds. The van der Waals surface area contributed by atoms with Crippen LogP contribution in [0, 0.1) is 5.92 Å². The summed E-state index contributed by atoms with van der Waals surface area (Å²) >= 11 is 9.29. The molecule has 90 valence electrons. The highest BCUT2D eigenvalue weighted by atomic mass is 79.9. The summed E-state index contributed by atoms with van der Waals surface area (Å²) in [5.41, 5.74) is 0. The third-order valence-electron chi connectivity index (χ3n) is 3.27. The van der Waals surface area contributed by atoms with Crippen molar-refractivity contribution in [1.82, 2.24) is 10.3 Å². The molecule has 17 heavy (non-hydrogen) atoms. The molecule has 0 aromatic carbocycles. The molecule has 2 fully saturated rings. The number of piperidine rings is 1. The standard InChI is InChI=1S/C11H11BrClN3O/c12-9-2-1-3-10(15-9)16(13)11(17)8-5-6-4-7(6)14-8/h1-3,6-8,14H,4-5H2/t6-,7-,8+/m1/s1. The second-order valence-electron chi connectivity index (χ2n) is 4.49. The van der Waals surface area contributed by atoms with Crippen molar-refractivity contribution < 1.29 is 4.79 Å². The van der Waals surface area contributed by atoms with Crippen LogP contribution in [-0.4, -0.2) is 23.0 Å².